The lowest BCUT2D eigenvalue weighted by atomic mass is 9.80. The molecule has 49 heavy (non-hydrogen) atoms. The van der Waals surface area contributed by atoms with E-state index in [0.717, 1.165) is 11.1 Å². The van der Waals surface area contributed by atoms with E-state index in [4.69, 9.17) is 0 Å². The predicted octanol–water partition coefficient (Wildman–Crippen LogP) is 7.90. The van der Waals surface area contributed by atoms with Crippen LogP contribution in [0.1, 0.15) is 70.1 Å². The van der Waals surface area contributed by atoms with Crippen LogP contribution in [0, 0.1) is 28.6 Å². The van der Waals surface area contributed by atoms with E-state index in [1.54, 1.807) is 36.4 Å². The zero-order chi connectivity index (χ0) is 33.6. The summed E-state index contributed by atoms with van der Waals surface area (Å²) >= 11 is 0. The van der Waals surface area contributed by atoms with Gasteiger partial charge in [0.05, 0.1) is 35.4 Å². The molecule has 0 fully saturated rings. The van der Waals surface area contributed by atoms with Crippen LogP contribution in [0.2, 0.25) is 0 Å². The van der Waals surface area contributed by atoms with Gasteiger partial charge in [0.2, 0.25) is 0 Å². The molecule has 9 rings (SSSR count). The third-order valence-electron chi connectivity index (χ3n) is 10.2. The molecule has 2 aliphatic rings. The fourth-order valence-electron chi connectivity index (χ4n) is 8.06. The second-order valence-corrected chi connectivity index (χ2v) is 12.8. The fourth-order valence-corrected chi connectivity index (χ4v) is 8.06. The minimum Gasteiger partial charge on any atom is -0.294 e. The van der Waals surface area contributed by atoms with E-state index in [0.29, 0.717) is 66.2 Å². The van der Waals surface area contributed by atoms with Crippen LogP contribution in [0.5, 0.6) is 0 Å². The van der Waals surface area contributed by atoms with Gasteiger partial charge in [-0.3, -0.25) is 24.1 Å². The molecule has 7 nitrogen and oxygen atoms in total. The Balaban J connectivity index is 1.35. The molecular formula is C42H23N3O4. The standard InChI is InChI=1S/C42H23N3O4/c43-19-25-16-31-33(46)18-24(15-22-7-3-1-4-8-22)40(47)29-13-11-27-35-26(20-44)17-32-37-30(14-12-28(39(35)37)34(25)38(27)36(29)31)41(48)45(42(32)49)21-23-9-5-2-6-10-23/h1-14,16-17,24H,15,18,21H2/t24-/m0/s1. The summed E-state index contributed by atoms with van der Waals surface area (Å²) in [6.07, 6.45) is 0.402. The second-order valence-electron chi connectivity index (χ2n) is 12.8. The van der Waals surface area contributed by atoms with Gasteiger partial charge in [-0.1, -0.05) is 78.9 Å². The fraction of sp³-hybridized carbons (Fsp3) is 0.0952. The molecule has 0 spiro atoms. The molecule has 1 aliphatic heterocycles. The highest BCUT2D eigenvalue weighted by Crippen LogP contribution is 2.48. The van der Waals surface area contributed by atoms with Crippen molar-refractivity contribution in [3.05, 3.63) is 142 Å². The summed E-state index contributed by atoms with van der Waals surface area (Å²) < 4.78 is 0. The summed E-state index contributed by atoms with van der Waals surface area (Å²) in [5.41, 5.74) is 3.48. The molecule has 7 aromatic rings. The largest absolute Gasteiger partial charge is 0.294 e. The molecule has 1 atom stereocenters. The summed E-state index contributed by atoms with van der Waals surface area (Å²) in [4.78, 5) is 57.4. The molecule has 2 amide bonds. The number of hydrogen-bond donors (Lipinski definition) is 0. The van der Waals surface area contributed by atoms with E-state index in [1.807, 2.05) is 60.7 Å². The zero-order valence-corrected chi connectivity index (χ0v) is 25.9. The molecular weight excluding hydrogens is 610 g/mol. The lowest BCUT2D eigenvalue weighted by Crippen LogP contribution is -2.39. The number of carbonyl (C=O) groups excluding carboxylic acids is 4. The van der Waals surface area contributed by atoms with E-state index in [1.165, 1.54) is 4.90 Å². The third kappa shape index (κ3) is 3.94. The van der Waals surface area contributed by atoms with E-state index < -0.39 is 17.7 Å². The number of nitriles is 2. The smallest absolute Gasteiger partial charge is 0.261 e. The molecule has 7 aromatic carbocycles. The third-order valence-corrected chi connectivity index (χ3v) is 10.2. The maximum absolute atomic E-state index is 14.2. The van der Waals surface area contributed by atoms with Crippen LogP contribution < -0.4 is 0 Å². The molecule has 0 radical (unpaired) electrons. The first kappa shape index (κ1) is 28.5. The minimum absolute atomic E-state index is 0.00307. The van der Waals surface area contributed by atoms with Crippen molar-refractivity contribution < 1.29 is 19.2 Å². The summed E-state index contributed by atoms with van der Waals surface area (Å²) in [5, 5.41) is 25.2. The summed E-state index contributed by atoms with van der Waals surface area (Å²) in [5.74, 6) is -1.91. The van der Waals surface area contributed by atoms with Gasteiger partial charge in [0.25, 0.3) is 11.8 Å². The van der Waals surface area contributed by atoms with Crippen LogP contribution in [0.15, 0.2) is 97.1 Å². The number of ketones is 2. The normalized spacial score (nSPS) is 15.7. The summed E-state index contributed by atoms with van der Waals surface area (Å²) in [7, 11) is 0. The number of benzene rings is 7. The van der Waals surface area contributed by atoms with E-state index in [9.17, 15) is 29.7 Å². The first-order valence-corrected chi connectivity index (χ1v) is 16.0. The lowest BCUT2D eigenvalue weighted by Gasteiger charge is -2.29. The van der Waals surface area contributed by atoms with Gasteiger partial charge in [-0.25, -0.2) is 0 Å². The zero-order valence-electron chi connectivity index (χ0n) is 25.9. The van der Waals surface area contributed by atoms with Crippen LogP contribution in [0.3, 0.4) is 0 Å². The Hall–Kier alpha value is -6.70. The topological polar surface area (TPSA) is 119 Å². The van der Waals surface area contributed by atoms with Crippen LogP contribution in [0.4, 0.5) is 0 Å². The van der Waals surface area contributed by atoms with Crippen LogP contribution >= 0.6 is 0 Å². The molecule has 7 heteroatoms. The maximum Gasteiger partial charge on any atom is 0.261 e. The minimum atomic E-state index is -0.586. The van der Waals surface area contributed by atoms with Gasteiger partial charge >= 0.3 is 0 Å². The highest BCUT2D eigenvalue weighted by Gasteiger charge is 2.37. The summed E-state index contributed by atoms with van der Waals surface area (Å²) in [6, 6.07) is 33.4. The number of hydrogen-bond acceptors (Lipinski definition) is 6. The molecule has 0 bridgehead atoms. The van der Waals surface area contributed by atoms with Crippen molar-refractivity contribution in [3.8, 4) is 12.1 Å². The molecule has 1 aliphatic carbocycles. The Kier molecular flexibility index (Phi) is 6.05. The molecule has 230 valence electrons. The molecule has 1 heterocycles. The van der Waals surface area contributed by atoms with E-state index in [2.05, 4.69) is 12.1 Å². The highest BCUT2D eigenvalue weighted by molar-refractivity contribution is 6.42. The Bertz CT molecular complexity index is 2740. The van der Waals surface area contributed by atoms with E-state index in [-0.39, 0.29) is 41.2 Å². The van der Waals surface area contributed by atoms with Gasteiger partial charge in [0, 0.05) is 61.3 Å². The molecule has 0 aromatic heterocycles. The van der Waals surface area contributed by atoms with Gasteiger partial charge in [-0.2, -0.15) is 10.5 Å². The summed E-state index contributed by atoms with van der Waals surface area (Å²) in [6.45, 7) is 0.0738. The average Bonchev–Trinajstić information content (AvgIpc) is 3.23. The first-order valence-electron chi connectivity index (χ1n) is 16.0. The van der Waals surface area contributed by atoms with Crippen molar-refractivity contribution in [2.75, 3.05) is 0 Å². The molecule has 0 N–H and O–H groups in total. The van der Waals surface area contributed by atoms with Crippen molar-refractivity contribution in [3.63, 3.8) is 0 Å². The average molecular weight is 634 g/mol. The van der Waals surface area contributed by atoms with Gasteiger partial charge in [-0.05, 0) is 46.5 Å². The maximum atomic E-state index is 14.2. The van der Waals surface area contributed by atoms with Crippen molar-refractivity contribution >= 4 is 66.5 Å². The van der Waals surface area contributed by atoms with Crippen LogP contribution in [-0.2, 0) is 13.0 Å². The van der Waals surface area contributed by atoms with Crippen molar-refractivity contribution in [1.29, 1.82) is 10.5 Å². The highest BCUT2D eigenvalue weighted by atomic mass is 16.2. The van der Waals surface area contributed by atoms with Gasteiger partial charge in [0.1, 0.15) is 0 Å². The van der Waals surface area contributed by atoms with Crippen molar-refractivity contribution in [2.24, 2.45) is 5.92 Å². The number of imide groups is 1. The Labute approximate surface area is 279 Å². The van der Waals surface area contributed by atoms with Crippen molar-refractivity contribution in [2.45, 2.75) is 19.4 Å². The molecule has 0 unspecified atom stereocenters. The number of amides is 2. The lowest BCUT2D eigenvalue weighted by molar-refractivity contribution is 0.0597. The van der Waals surface area contributed by atoms with E-state index >= 15 is 0 Å². The predicted molar refractivity (Wildman–Crippen MR) is 185 cm³/mol. The van der Waals surface area contributed by atoms with Gasteiger partial charge in [0.15, 0.2) is 11.6 Å². The Morgan fingerprint density at radius 1 is 0.571 bits per heavy atom. The SMILES string of the molecule is N#Cc1cc2c3c(ccc4c5c(C#N)cc6c7c(ccc(c1c34)c75)C(=O)N(Cc1ccccc1)C6=O)C(=O)[C@@H](Cc1ccccc1)CC2=O. The van der Waals surface area contributed by atoms with Gasteiger partial charge < -0.3 is 0 Å². The number of rotatable bonds is 4. The number of nitrogens with zero attached hydrogens (tertiary/aromatic N) is 3. The van der Waals surface area contributed by atoms with Crippen LogP contribution in [-0.4, -0.2) is 28.3 Å². The Morgan fingerprint density at radius 2 is 1.10 bits per heavy atom. The number of Topliss-reactive ketones (excluding diaryl/α,β-unsaturated/α-hetero) is 2. The number of carbonyl (C=O) groups is 4. The molecule has 0 saturated carbocycles. The Morgan fingerprint density at radius 3 is 1.71 bits per heavy atom. The number of fused-ring (bicyclic) bond motifs is 2. The van der Waals surface area contributed by atoms with Gasteiger partial charge in [-0.15, -0.1) is 0 Å². The quantitative estimate of drug-likeness (QED) is 0.110. The van der Waals surface area contributed by atoms with Crippen LogP contribution in [0.25, 0.3) is 43.1 Å². The second kappa shape index (κ2) is 10.4. The monoisotopic (exact) mass is 633 g/mol. The molecule has 0 saturated heterocycles. The van der Waals surface area contributed by atoms with Crippen molar-refractivity contribution in [1.82, 2.24) is 4.90 Å². The first-order chi connectivity index (χ1) is 23.9.